The Morgan fingerprint density at radius 3 is 2.63 bits per heavy atom. The van der Waals surface area contributed by atoms with Crippen LogP contribution in [0.2, 0.25) is 0 Å². The average molecular weight is 537 g/mol. The molecule has 4 aromatic heterocycles. The van der Waals surface area contributed by atoms with Crippen LogP contribution in [0, 0.1) is 6.92 Å². The van der Waals surface area contributed by atoms with Gasteiger partial charge in [0.25, 0.3) is 11.8 Å². The lowest BCUT2D eigenvalue weighted by molar-refractivity contribution is 0.0938. The molecule has 2 amide bonds. The number of amides is 2. The standard InChI is InChI=1S/C27H32N8O2.ClH/c1-18-22(14-20(15-29-18)25(36)28-11-13-34-12-5-9-27(34,2)3)32-26(37)21-16-31-35-17-19(6-7-24(21)35)23-8-10-30-33(23)4;/h6-8,10,14-17H,5,9,11-13H2,1-4H3,(H,28,36)(H,32,37);1H. The second kappa shape index (κ2) is 10.9. The van der Waals surface area contributed by atoms with Crippen LogP contribution >= 0.6 is 12.4 Å². The van der Waals surface area contributed by atoms with Gasteiger partial charge in [-0.2, -0.15) is 10.2 Å². The molecule has 1 aliphatic rings. The predicted molar refractivity (Wildman–Crippen MR) is 149 cm³/mol. The Kier molecular flexibility index (Phi) is 7.84. The molecule has 2 N–H and O–H groups in total. The number of rotatable bonds is 7. The van der Waals surface area contributed by atoms with Crippen LogP contribution in [0.3, 0.4) is 0 Å². The molecule has 4 aromatic rings. The summed E-state index contributed by atoms with van der Waals surface area (Å²) in [5.74, 6) is -0.527. The highest BCUT2D eigenvalue weighted by Crippen LogP contribution is 2.27. The average Bonchev–Trinajstić information content (AvgIpc) is 3.58. The SMILES string of the molecule is Cc1ncc(C(=O)NCCN2CCCC2(C)C)cc1NC(=O)c1cnn2cc(-c3ccnn3C)ccc12.Cl. The van der Waals surface area contributed by atoms with E-state index < -0.39 is 0 Å². The van der Waals surface area contributed by atoms with E-state index in [0.29, 0.717) is 34.6 Å². The van der Waals surface area contributed by atoms with Gasteiger partial charge in [0.1, 0.15) is 0 Å². The van der Waals surface area contributed by atoms with Crippen LogP contribution < -0.4 is 10.6 Å². The van der Waals surface area contributed by atoms with Gasteiger partial charge < -0.3 is 10.6 Å². The highest BCUT2D eigenvalue weighted by atomic mass is 35.5. The summed E-state index contributed by atoms with van der Waals surface area (Å²) in [5.41, 5.74) is 4.68. The van der Waals surface area contributed by atoms with Gasteiger partial charge in [0.05, 0.1) is 39.9 Å². The number of pyridine rings is 2. The molecule has 0 saturated carbocycles. The molecule has 0 bridgehead atoms. The number of fused-ring (bicyclic) bond motifs is 1. The van der Waals surface area contributed by atoms with Gasteiger partial charge in [-0.3, -0.25) is 24.2 Å². The van der Waals surface area contributed by atoms with Gasteiger partial charge in [0, 0.05) is 49.8 Å². The van der Waals surface area contributed by atoms with Gasteiger partial charge in [-0.1, -0.05) is 0 Å². The number of anilines is 1. The number of halogens is 1. The monoisotopic (exact) mass is 536 g/mol. The highest BCUT2D eigenvalue weighted by Gasteiger charge is 2.31. The largest absolute Gasteiger partial charge is 0.351 e. The quantitative estimate of drug-likeness (QED) is 0.372. The van der Waals surface area contributed by atoms with Crippen molar-refractivity contribution in [3.05, 3.63) is 65.9 Å². The first-order valence-corrected chi connectivity index (χ1v) is 12.5. The maximum absolute atomic E-state index is 13.2. The van der Waals surface area contributed by atoms with Crippen molar-refractivity contribution >= 4 is 35.4 Å². The van der Waals surface area contributed by atoms with E-state index in [2.05, 4.69) is 44.6 Å². The Labute approximate surface area is 227 Å². The van der Waals surface area contributed by atoms with E-state index in [1.165, 1.54) is 25.2 Å². The molecule has 11 heteroatoms. The van der Waals surface area contributed by atoms with Crippen molar-refractivity contribution in [1.82, 2.24) is 34.6 Å². The van der Waals surface area contributed by atoms with Gasteiger partial charge in [-0.15, -0.1) is 12.4 Å². The van der Waals surface area contributed by atoms with Crippen LogP contribution in [0.25, 0.3) is 16.8 Å². The van der Waals surface area contributed by atoms with Gasteiger partial charge in [0.15, 0.2) is 0 Å². The van der Waals surface area contributed by atoms with E-state index >= 15 is 0 Å². The molecule has 0 aromatic carbocycles. The zero-order valence-corrected chi connectivity index (χ0v) is 22.9. The maximum Gasteiger partial charge on any atom is 0.259 e. The smallest absolute Gasteiger partial charge is 0.259 e. The van der Waals surface area contributed by atoms with Crippen molar-refractivity contribution in [2.45, 2.75) is 39.2 Å². The van der Waals surface area contributed by atoms with Gasteiger partial charge in [-0.05, 0) is 64.4 Å². The minimum absolute atomic E-state index is 0. The zero-order valence-electron chi connectivity index (χ0n) is 22.1. The fourth-order valence-corrected chi connectivity index (χ4v) is 4.93. The summed E-state index contributed by atoms with van der Waals surface area (Å²) >= 11 is 0. The van der Waals surface area contributed by atoms with Crippen LogP contribution in [-0.2, 0) is 7.05 Å². The van der Waals surface area contributed by atoms with Gasteiger partial charge in [-0.25, -0.2) is 4.52 Å². The Balaban J connectivity index is 0.00000336. The number of hydrogen-bond donors (Lipinski definition) is 2. The molecule has 0 spiro atoms. The second-order valence-corrected chi connectivity index (χ2v) is 10.1. The van der Waals surface area contributed by atoms with E-state index in [1.54, 1.807) is 28.4 Å². The number of nitrogens with zero attached hydrogens (tertiary/aromatic N) is 6. The molecule has 1 fully saturated rings. The van der Waals surface area contributed by atoms with E-state index in [4.69, 9.17) is 0 Å². The summed E-state index contributed by atoms with van der Waals surface area (Å²) in [6, 6.07) is 7.39. The first-order valence-electron chi connectivity index (χ1n) is 12.5. The van der Waals surface area contributed by atoms with Crippen molar-refractivity contribution in [3.8, 4) is 11.3 Å². The molecule has 0 atom stereocenters. The maximum atomic E-state index is 13.2. The molecule has 0 radical (unpaired) electrons. The summed E-state index contributed by atoms with van der Waals surface area (Å²) < 4.78 is 3.46. The molecule has 5 rings (SSSR count). The number of aryl methyl sites for hydroxylation is 2. The van der Waals surface area contributed by atoms with E-state index in [1.807, 2.05) is 31.4 Å². The van der Waals surface area contributed by atoms with Crippen molar-refractivity contribution in [3.63, 3.8) is 0 Å². The first kappa shape index (κ1) is 27.3. The number of nitrogens with one attached hydrogen (secondary N) is 2. The Morgan fingerprint density at radius 1 is 1.11 bits per heavy atom. The van der Waals surface area contributed by atoms with E-state index in [0.717, 1.165) is 24.3 Å². The van der Waals surface area contributed by atoms with Crippen LogP contribution in [0.15, 0.2) is 49.1 Å². The number of likely N-dealkylation sites (tertiary alicyclic amines) is 1. The summed E-state index contributed by atoms with van der Waals surface area (Å²) in [6.07, 6.45) is 9.03. The van der Waals surface area contributed by atoms with E-state index in [-0.39, 0.29) is 29.8 Å². The fraction of sp³-hybridized carbons (Fsp3) is 0.370. The molecular formula is C27H33ClN8O2. The summed E-state index contributed by atoms with van der Waals surface area (Å²) in [4.78, 5) is 32.7. The molecule has 0 unspecified atom stereocenters. The van der Waals surface area contributed by atoms with Crippen molar-refractivity contribution in [2.75, 3.05) is 25.0 Å². The summed E-state index contributed by atoms with van der Waals surface area (Å²) in [6.45, 7) is 8.69. The highest BCUT2D eigenvalue weighted by molar-refractivity contribution is 6.09. The third-order valence-corrected chi connectivity index (χ3v) is 7.21. The summed E-state index contributed by atoms with van der Waals surface area (Å²) in [5, 5.41) is 14.5. The predicted octanol–water partition coefficient (Wildman–Crippen LogP) is 3.72. The topological polar surface area (TPSA) is 109 Å². The molecule has 200 valence electrons. The number of carbonyl (C=O) groups excluding carboxylic acids is 2. The van der Waals surface area contributed by atoms with Crippen molar-refractivity contribution in [1.29, 1.82) is 0 Å². The third kappa shape index (κ3) is 5.41. The fourth-order valence-electron chi connectivity index (χ4n) is 4.93. The lowest BCUT2D eigenvalue weighted by atomic mass is 10.0. The Morgan fingerprint density at radius 2 is 1.92 bits per heavy atom. The van der Waals surface area contributed by atoms with Gasteiger partial charge >= 0.3 is 0 Å². The molecule has 1 aliphatic heterocycles. The van der Waals surface area contributed by atoms with Gasteiger partial charge in [0.2, 0.25) is 0 Å². The van der Waals surface area contributed by atoms with E-state index in [9.17, 15) is 9.59 Å². The normalized spacial score (nSPS) is 14.8. The Hall–Kier alpha value is -3.76. The molecule has 10 nitrogen and oxygen atoms in total. The molecule has 1 saturated heterocycles. The molecule has 5 heterocycles. The number of carbonyl (C=O) groups is 2. The molecular weight excluding hydrogens is 504 g/mol. The summed E-state index contributed by atoms with van der Waals surface area (Å²) in [7, 11) is 1.88. The lowest BCUT2D eigenvalue weighted by Crippen LogP contribution is -2.43. The third-order valence-electron chi connectivity index (χ3n) is 7.21. The number of hydrogen-bond acceptors (Lipinski definition) is 6. The lowest BCUT2D eigenvalue weighted by Gasteiger charge is -2.31. The number of aromatic nitrogens is 5. The second-order valence-electron chi connectivity index (χ2n) is 10.1. The Bertz CT molecular complexity index is 1480. The molecule has 38 heavy (non-hydrogen) atoms. The minimum atomic E-state index is -0.318. The molecule has 0 aliphatic carbocycles. The minimum Gasteiger partial charge on any atom is -0.351 e. The van der Waals surface area contributed by atoms with Crippen LogP contribution in [0.1, 0.15) is 53.1 Å². The zero-order chi connectivity index (χ0) is 26.2. The van der Waals surface area contributed by atoms with Crippen molar-refractivity contribution in [2.24, 2.45) is 7.05 Å². The van der Waals surface area contributed by atoms with Crippen molar-refractivity contribution < 1.29 is 9.59 Å². The van der Waals surface area contributed by atoms with Crippen LogP contribution in [-0.4, -0.2) is 66.3 Å². The van der Waals surface area contributed by atoms with Crippen LogP contribution in [0.5, 0.6) is 0 Å². The first-order chi connectivity index (χ1) is 17.7. The van der Waals surface area contributed by atoms with Crippen LogP contribution in [0.4, 0.5) is 5.69 Å².